The lowest BCUT2D eigenvalue weighted by Crippen LogP contribution is -2.47. The first kappa shape index (κ1) is 17.5. The van der Waals surface area contributed by atoms with Gasteiger partial charge in [0.25, 0.3) is 11.6 Å². The number of benzene rings is 1. The van der Waals surface area contributed by atoms with Crippen LogP contribution in [-0.4, -0.2) is 51.3 Å². The van der Waals surface area contributed by atoms with Crippen molar-refractivity contribution in [1.29, 1.82) is 0 Å². The number of thioether (sulfide) groups is 1. The van der Waals surface area contributed by atoms with E-state index < -0.39 is 34.9 Å². The number of carbonyl (C=O) groups excluding carboxylic acids is 3. The molecule has 1 unspecified atom stereocenters. The van der Waals surface area contributed by atoms with Gasteiger partial charge in [0.2, 0.25) is 5.91 Å². The summed E-state index contributed by atoms with van der Waals surface area (Å²) in [7, 11) is 0. The number of imide groups is 1. The maximum Gasteiger partial charge on any atom is 0.325 e. The van der Waals surface area contributed by atoms with Gasteiger partial charge in [-0.15, -0.1) is 0 Å². The standard InChI is InChI=1S/C14H13ClN4O5S/c15-9-2-1-8(5-10(9)19(23)24)16-11(20)6-18-12(21)14(17-13(18)22)3-4-25-7-14/h1-2,5H,3-4,6-7H2,(H,16,20)(H,17,22). The summed E-state index contributed by atoms with van der Waals surface area (Å²) in [4.78, 5) is 47.7. The van der Waals surface area contributed by atoms with Crippen LogP contribution in [0.3, 0.4) is 0 Å². The number of halogens is 1. The van der Waals surface area contributed by atoms with E-state index in [0.29, 0.717) is 12.2 Å². The van der Waals surface area contributed by atoms with Gasteiger partial charge >= 0.3 is 6.03 Å². The Labute approximate surface area is 151 Å². The van der Waals surface area contributed by atoms with Crippen molar-refractivity contribution in [3.63, 3.8) is 0 Å². The molecule has 1 atom stereocenters. The van der Waals surface area contributed by atoms with Gasteiger partial charge in [-0.3, -0.25) is 24.6 Å². The molecule has 2 N–H and O–H groups in total. The van der Waals surface area contributed by atoms with Crippen LogP contribution >= 0.6 is 23.4 Å². The number of nitro groups is 1. The highest BCUT2D eigenvalue weighted by molar-refractivity contribution is 7.99. The molecule has 2 heterocycles. The predicted octanol–water partition coefficient (Wildman–Crippen LogP) is 1.61. The van der Waals surface area contributed by atoms with Gasteiger partial charge in [-0.25, -0.2) is 4.79 Å². The minimum absolute atomic E-state index is 0.0576. The summed E-state index contributed by atoms with van der Waals surface area (Å²) in [5, 5.41) is 15.9. The van der Waals surface area contributed by atoms with Crippen molar-refractivity contribution in [2.75, 3.05) is 23.4 Å². The summed E-state index contributed by atoms with van der Waals surface area (Å²) in [6, 6.07) is 3.19. The molecular formula is C14H13ClN4O5S. The molecule has 3 rings (SSSR count). The molecule has 2 aliphatic rings. The van der Waals surface area contributed by atoms with Crippen LogP contribution in [-0.2, 0) is 9.59 Å². The van der Waals surface area contributed by atoms with Crippen molar-refractivity contribution < 1.29 is 19.3 Å². The van der Waals surface area contributed by atoms with Crippen molar-refractivity contribution >= 4 is 52.6 Å². The van der Waals surface area contributed by atoms with E-state index in [9.17, 15) is 24.5 Å². The van der Waals surface area contributed by atoms with E-state index in [1.54, 1.807) is 11.8 Å². The Bertz CT molecular complexity index is 780. The van der Waals surface area contributed by atoms with Gasteiger partial charge in [0.15, 0.2) is 0 Å². The fourth-order valence-corrected chi connectivity index (χ4v) is 4.24. The Hall–Kier alpha value is -2.33. The molecule has 9 nitrogen and oxygen atoms in total. The third-order valence-corrected chi connectivity index (χ3v) is 5.51. The Morgan fingerprint density at radius 2 is 2.24 bits per heavy atom. The largest absolute Gasteiger partial charge is 0.325 e. The molecule has 2 fully saturated rings. The molecule has 11 heteroatoms. The number of urea groups is 1. The second-order valence-corrected chi connectivity index (χ2v) is 7.19. The summed E-state index contributed by atoms with van der Waals surface area (Å²) in [6.07, 6.45) is 0.531. The molecule has 132 valence electrons. The van der Waals surface area contributed by atoms with Crippen LogP contribution in [0.1, 0.15) is 6.42 Å². The predicted molar refractivity (Wildman–Crippen MR) is 91.7 cm³/mol. The lowest BCUT2D eigenvalue weighted by Gasteiger charge is -2.19. The first-order valence-electron chi connectivity index (χ1n) is 7.28. The second-order valence-electron chi connectivity index (χ2n) is 5.68. The number of anilines is 1. The summed E-state index contributed by atoms with van der Waals surface area (Å²) in [6.45, 7) is -0.465. The zero-order valence-electron chi connectivity index (χ0n) is 12.8. The average Bonchev–Trinajstić information content (AvgIpc) is 3.10. The Balaban J connectivity index is 1.69. The lowest BCUT2D eigenvalue weighted by atomic mass is 9.99. The van der Waals surface area contributed by atoms with Crippen molar-refractivity contribution in [2.45, 2.75) is 12.0 Å². The molecule has 0 radical (unpaired) electrons. The quantitative estimate of drug-likeness (QED) is 0.462. The third kappa shape index (κ3) is 3.27. The Morgan fingerprint density at radius 3 is 2.88 bits per heavy atom. The van der Waals surface area contributed by atoms with Crippen LogP contribution in [0.15, 0.2) is 18.2 Å². The first-order chi connectivity index (χ1) is 11.8. The van der Waals surface area contributed by atoms with Crippen LogP contribution < -0.4 is 10.6 Å². The zero-order chi connectivity index (χ0) is 18.2. The molecule has 2 aliphatic heterocycles. The molecule has 1 spiro atoms. The Kier molecular flexibility index (Phi) is 4.56. The Morgan fingerprint density at radius 1 is 1.48 bits per heavy atom. The zero-order valence-corrected chi connectivity index (χ0v) is 14.4. The number of nitro benzene ring substituents is 1. The van der Waals surface area contributed by atoms with Crippen LogP contribution in [0.4, 0.5) is 16.2 Å². The van der Waals surface area contributed by atoms with Gasteiger partial charge in [0.05, 0.1) is 4.92 Å². The molecular weight excluding hydrogens is 372 g/mol. The molecule has 0 bridgehead atoms. The maximum absolute atomic E-state index is 12.5. The summed E-state index contributed by atoms with van der Waals surface area (Å²) < 4.78 is 0. The molecule has 1 aromatic rings. The van der Waals surface area contributed by atoms with E-state index in [0.717, 1.165) is 16.7 Å². The summed E-state index contributed by atoms with van der Waals surface area (Å²) >= 11 is 7.28. The van der Waals surface area contributed by atoms with Gasteiger partial charge in [-0.1, -0.05) is 11.6 Å². The van der Waals surface area contributed by atoms with E-state index >= 15 is 0 Å². The number of rotatable bonds is 4. The van der Waals surface area contributed by atoms with E-state index in [4.69, 9.17) is 11.6 Å². The number of carbonyl (C=O) groups is 3. The van der Waals surface area contributed by atoms with Crippen LogP contribution in [0, 0.1) is 10.1 Å². The van der Waals surface area contributed by atoms with E-state index in [-0.39, 0.29) is 16.4 Å². The second kappa shape index (κ2) is 6.52. The number of amides is 4. The molecule has 25 heavy (non-hydrogen) atoms. The molecule has 1 aromatic carbocycles. The summed E-state index contributed by atoms with van der Waals surface area (Å²) in [5.41, 5.74) is -1.11. The van der Waals surface area contributed by atoms with Crippen LogP contribution in [0.5, 0.6) is 0 Å². The molecule has 0 aliphatic carbocycles. The van der Waals surface area contributed by atoms with E-state index in [1.165, 1.54) is 12.1 Å². The molecule has 4 amide bonds. The number of nitrogens with zero attached hydrogens (tertiary/aromatic N) is 2. The van der Waals surface area contributed by atoms with Gasteiger partial charge in [-0.2, -0.15) is 11.8 Å². The number of nitrogens with one attached hydrogen (secondary N) is 2. The number of hydrogen-bond donors (Lipinski definition) is 2. The van der Waals surface area contributed by atoms with E-state index in [1.807, 2.05) is 0 Å². The van der Waals surface area contributed by atoms with Crippen LogP contribution in [0.25, 0.3) is 0 Å². The third-order valence-electron chi connectivity index (χ3n) is 4.00. The van der Waals surface area contributed by atoms with Crippen molar-refractivity contribution in [3.05, 3.63) is 33.3 Å². The fraction of sp³-hybridized carbons (Fsp3) is 0.357. The van der Waals surface area contributed by atoms with Crippen molar-refractivity contribution in [3.8, 4) is 0 Å². The van der Waals surface area contributed by atoms with Crippen molar-refractivity contribution in [2.24, 2.45) is 0 Å². The highest BCUT2D eigenvalue weighted by atomic mass is 35.5. The van der Waals surface area contributed by atoms with Crippen LogP contribution in [0.2, 0.25) is 5.02 Å². The van der Waals surface area contributed by atoms with Gasteiger partial charge < -0.3 is 10.6 Å². The topological polar surface area (TPSA) is 122 Å². The molecule has 0 saturated carbocycles. The maximum atomic E-state index is 12.5. The lowest BCUT2D eigenvalue weighted by molar-refractivity contribution is -0.384. The van der Waals surface area contributed by atoms with Crippen molar-refractivity contribution in [1.82, 2.24) is 10.2 Å². The van der Waals surface area contributed by atoms with E-state index in [2.05, 4.69) is 10.6 Å². The normalized spacial score (nSPS) is 22.4. The molecule has 0 aromatic heterocycles. The SMILES string of the molecule is O=C(CN1C(=O)NC2(CCSC2)C1=O)Nc1ccc(Cl)c([N+](=O)[O-])c1. The highest BCUT2D eigenvalue weighted by Gasteiger charge is 2.53. The van der Waals surface area contributed by atoms with Gasteiger partial charge in [0, 0.05) is 17.5 Å². The van der Waals surface area contributed by atoms with Gasteiger partial charge in [0.1, 0.15) is 17.1 Å². The highest BCUT2D eigenvalue weighted by Crippen LogP contribution is 2.33. The minimum Gasteiger partial charge on any atom is -0.324 e. The molecule has 2 saturated heterocycles. The van der Waals surface area contributed by atoms with Gasteiger partial charge in [-0.05, 0) is 24.3 Å². The minimum atomic E-state index is -0.916. The number of hydrogen-bond acceptors (Lipinski definition) is 6. The fourth-order valence-electron chi connectivity index (χ4n) is 2.73. The monoisotopic (exact) mass is 384 g/mol. The average molecular weight is 385 g/mol. The first-order valence-corrected chi connectivity index (χ1v) is 8.81. The smallest absolute Gasteiger partial charge is 0.324 e. The summed E-state index contributed by atoms with van der Waals surface area (Å²) in [5.74, 6) is 0.196.